The van der Waals surface area contributed by atoms with Gasteiger partial charge in [0, 0.05) is 25.7 Å². The normalized spacial score (nSPS) is 14.3. The average molecular weight is 397 g/mol. The van der Waals surface area contributed by atoms with Gasteiger partial charge in [-0.25, -0.2) is 9.98 Å². The Labute approximate surface area is 161 Å². The lowest BCUT2D eigenvalue weighted by Gasteiger charge is -2.32. The van der Waals surface area contributed by atoms with Crippen LogP contribution in [-0.4, -0.2) is 41.1 Å². The lowest BCUT2D eigenvalue weighted by Crippen LogP contribution is -2.45. The van der Waals surface area contributed by atoms with Gasteiger partial charge in [0.1, 0.15) is 0 Å². The second-order valence-electron chi connectivity index (χ2n) is 6.76. The van der Waals surface area contributed by atoms with E-state index in [1.807, 2.05) is 18.9 Å². The van der Waals surface area contributed by atoms with E-state index in [1.165, 1.54) is 31.2 Å². The van der Waals surface area contributed by atoms with Crippen molar-refractivity contribution in [1.29, 1.82) is 0 Å². The smallest absolute Gasteiger partial charge is 0.376 e. The fourth-order valence-corrected chi connectivity index (χ4v) is 2.79. The molecule has 0 amide bonds. The maximum absolute atomic E-state index is 13.9. The summed E-state index contributed by atoms with van der Waals surface area (Å²) in [4.78, 5) is 9.59. The molecule has 0 radical (unpaired) electrons. The highest BCUT2D eigenvalue weighted by molar-refractivity contribution is 5.64. The van der Waals surface area contributed by atoms with Gasteiger partial charge in [-0.1, -0.05) is 12.1 Å². The summed E-state index contributed by atoms with van der Waals surface area (Å²) >= 11 is 0. The highest BCUT2D eigenvalue weighted by Gasteiger charge is 2.55. The van der Waals surface area contributed by atoms with Crippen LogP contribution in [0.2, 0.25) is 0 Å². The molecule has 1 aromatic carbocycles. The van der Waals surface area contributed by atoms with Crippen molar-refractivity contribution in [3.63, 3.8) is 0 Å². The van der Waals surface area contributed by atoms with Crippen LogP contribution in [0.4, 0.5) is 23.2 Å². The Morgan fingerprint density at radius 1 is 1.18 bits per heavy atom. The molecule has 4 nitrogen and oxygen atoms in total. The molecule has 8 heteroatoms. The third-order valence-corrected chi connectivity index (χ3v) is 4.56. The number of pyridine rings is 1. The third-order valence-electron chi connectivity index (χ3n) is 4.56. The SMILES string of the molecule is CCN(C)C=Nc1cc(C)c(C(O)(Cc2cccc(F)n2)C(F)(F)F)cc1C. The highest BCUT2D eigenvalue weighted by Crippen LogP contribution is 2.43. The Morgan fingerprint density at radius 2 is 1.86 bits per heavy atom. The molecule has 0 saturated heterocycles. The van der Waals surface area contributed by atoms with Gasteiger partial charge in [0.25, 0.3) is 0 Å². The highest BCUT2D eigenvalue weighted by atomic mass is 19.4. The first-order valence-electron chi connectivity index (χ1n) is 8.74. The van der Waals surface area contributed by atoms with Crippen LogP contribution >= 0.6 is 0 Å². The van der Waals surface area contributed by atoms with Gasteiger partial charge < -0.3 is 10.0 Å². The molecule has 1 unspecified atom stereocenters. The molecule has 28 heavy (non-hydrogen) atoms. The molecule has 152 valence electrons. The number of hydrogen-bond donors (Lipinski definition) is 1. The topological polar surface area (TPSA) is 48.7 Å². The minimum Gasteiger partial charge on any atom is -0.376 e. The van der Waals surface area contributed by atoms with Crippen molar-refractivity contribution in [2.75, 3.05) is 13.6 Å². The monoisotopic (exact) mass is 397 g/mol. The molecule has 2 aromatic rings. The summed E-state index contributed by atoms with van der Waals surface area (Å²) in [6.07, 6.45) is -4.28. The number of alkyl halides is 3. The van der Waals surface area contributed by atoms with E-state index in [1.54, 1.807) is 13.3 Å². The summed E-state index contributed by atoms with van der Waals surface area (Å²) in [6, 6.07) is 6.32. The lowest BCUT2D eigenvalue weighted by atomic mass is 9.84. The third kappa shape index (κ3) is 4.67. The van der Waals surface area contributed by atoms with E-state index in [2.05, 4.69) is 9.98 Å². The number of halogens is 4. The molecular weight excluding hydrogens is 374 g/mol. The van der Waals surface area contributed by atoms with Crippen LogP contribution in [-0.2, 0) is 12.0 Å². The number of benzene rings is 1. The van der Waals surface area contributed by atoms with E-state index in [-0.39, 0.29) is 16.8 Å². The maximum atomic E-state index is 13.9. The Balaban J connectivity index is 2.52. The fraction of sp³-hybridized carbons (Fsp3) is 0.400. The van der Waals surface area contributed by atoms with Crippen LogP contribution < -0.4 is 0 Å². The van der Waals surface area contributed by atoms with Gasteiger partial charge in [0.2, 0.25) is 5.95 Å². The molecule has 0 spiro atoms. The number of aryl methyl sites for hydroxylation is 2. The molecule has 0 aliphatic rings. The lowest BCUT2D eigenvalue weighted by molar-refractivity contribution is -0.266. The minimum atomic E-state index is -4.98. The molecule has 2 rings (SSSR count). The molecule has 0 saturated carbocycles. The summed E-state index contributed by atoms with van der Waals surface area (Å²) in [5.41, 5.74) is -2.47. The maximum Gasteiger partial charge on any atom is 0.421 e. The van der Waals surface area contributed by atoms with Gasteiger partial charge in [-0.05, 0) is 55.7 Å². The van der Waals surface area contributed by atoms with Crippen LogP contribution in [0.5, 0.6) is 0 Å². The number of aliphatic imine (C=N–C) groups is 1. The van der Waals surface area contributed by atoms with Crippen molar-refractivity contribution < 1.29 is 22.7 Å². The summed E-state index contributed by atoms with van der Waals surface area (Å²) in [6.45, 7) is 5.77. The van der Waals surface area contributed by atoms with Crippen LogP contribution in [0.15, 0.2) is 35.3 Å². The van der Waals surface area contributed by atoms with E-state index < -0.39 is 24.1 Å². The summed E-state index contributed by atoms with van der Waals surface area (Å²) in [7, 11) is 1.83. The van der Waals surface area contributed by atoms with Crippen molar-refractivity contribution in [2.24, 2.45) is 4.99 Å². The number of nitrogens with zero attached hydrogens (tertiary/aromatic N) is 3. The molecule has 1 N–H and O–H groups in total. The second-order valence-corrected chi connectivity index (χ2v) is 6.76. The molecule has 1 heterocycles. The molecule has 0 aliphatic carbocycles. The summed E-state index contributed by atoms with van der Waals surface area (Å²) in [5, 5.41) is 10.7. The van der Waals surface area contributed by atoms with E-state index in [0.29, 0.717) is 11.3 Å². The van der Waals surface area contributed by atoms with Crippen LogP contribution in [0.1, 0.15) is 29.3 Å². The second kappa shape index (κ2) is 8.26. The predicted octanol–water partition coefficient (Wildman–Crippen LogP) is 4.44. The van der Waals surface area contributed by atoms with E-state index in [9.17, 15) is 22.7 Å². The molecule has 0 fully saturated rings. The van der Waals surface area contributed by atoms with Gasteiger partial charge in [0.05, 0.1) is 12.0 Å². The first kappa shape index (κ1) is 21.8. The van der Waals surface area contributed by atoms with Gasteiger partial charge >= 0.3 is 6.18 Å². The predicted molar refractivity (Wildman–Crippen MR) is 100 cm³/mol. The number of aliphatic hydroxyl groups is 1. The fourth-order valence-electron chi connectivity index (χ4n) is 2.79. The van der Waals surface area contributed by atoms with Crippen molar-refractivity contribution in [2.45, 2.75) is 39.0 Å². The van der Waals surface area contributed by atoms with Crippen molar-refractivity contribution in [3.8, 4) is 0 Å². The summed E-state index contributed by atoms with van der Waals surface area (Å²) < 4.78 is 55.0. The van der Waals surface area contributed by atoms with Gasteiger partial charge in [-0.3, -0.25) is 0 Å². The largest absolute Gasteiger partial charge is 0.421 e. The van der Waals surface area contributed by atoms with Crippen molar-refractivity contribution in [3.05, 3.63) is 58.7 Å². The van der Waals surface area contributed by atoms with E-state index in [4.69, 9.17) is 0 Å². The standard InChI is InChI=1S/C20H23F4N3O/c1-5-27(4)12-25-17-10-13(2)16(9-14(17)3)19(28,20(22,23)24)11-15-7-6-8-18(21)26-15/h6-10,12,28H,5,11H2,1-4H3. The Hall–Kier alpha value is -2.48. The van der Waals surface area contributed by atoms with Crippen molar-refractivity contribution in [1.82, 2.24) is 9.88 Å². The van der Waals surface area contributed by atoms with Gasteiger partial charge in [0.15, 0.2) is 5.60 Å². The van der Waals surface area contributed by atoms with E-state index in [0.717, 1.165) is 12.6 Å². The summed E-state index contributed by atoms with van der Waals surface area (Å²) in [5.74, 6) is -0.903. The van der Waals surface area contributed by atoms with Gasteiger partial charge in [-0.15, -0.1) is 0 Å². The molecule has 0 bridgehead atoms. The zero-order valence-corrected chi connectivity index (χ0v) is 16.2. The van der Waals surface area contributed by atoms with Crippen LogP contribution in [0, 0.1) is 19.8 Å². The first-order chi connectivity index (χ1) is 13.0. The molecular formula is C20H23F4N3O. The Kier molecular flexibility index (Phi) is 6.44. The zero-order chi connectivity index (χ0) is 21.1. The van der Waals surface area contributed by atoms with Gasteiger partial charge in [-0.2, -0.15) is 17.6 Å². The Morgan fingerprint density at radius 3 is 2.43 bits per heavy atom. The number of aromatic nitrogens is 1. The van der Waals surface area contributed by atoms with Crippen molar-refractivity contribution >= 4 is 12.0 Å². The number of hydrogen-bond acceptors (Lipinski definition) is 3. The Bertz CT molecular complexity index is 867. The molecule has 1 atom stereocenters. The van der Waals surface area contributed by atoms with Crippen LogP contribution in [0.25, 0.3) is 0 Å². The minimum absolute atomic E-state index is 0.191. The molecule has 1 aromatic heterocycles. The quantitative estimate of drug-likeness (QED) is 0.339. The first-order valence-corrected chi connectivity index (χ1v) is 8.74. The van der Waals surface area contributed by atoms with Crippen LogP contribution in [0.3, 0.4) is 0 Å². The average Bonchev–Trinajstić information content (AvgIpc) is 2.60. The molecule has 0 aliphatic heterocycles. The zero-order valence-electron chi connectivity index (χ0n) is 16.2. The number of rotatable bonds is 6. The van der Waals surface area contributed by atoms with E-state index >= 15 is 0 Å².